The van der Waals surface area contributed by atoms with Crippen molar-refractivity contribution < 1.29 is 61.6 Å². The number of ether oxygens (including phenoxy) is 13. The van der Waals surface area contributed by atoms with Crippen molar-refractivity contribution in [3.63, 3.8) is 0 Å². The van der Waals surface area contributed by atoms with Crippen LogP contribution in [0.2, 0.25) is 0 Å². The number of unbranched alkanes of at least 4 members (excludes halogenated alkanes) is 3. The Kier molecular flexibility index (Phi) is 29.2. The Bertz CT molecular complexity index is 3470. The first kappa shape index (κ1) is 71.0. The molecule has 22 nitrogen and oxygen atoms in total. The van der Waals surface area contributed by atoms with Gasteiger partial charge >= 0.3 is 0 Å². The van der Waals surface area contributed by atoms with Crippen LogP contribution in [-0.2, 0) is 108 Å². The van der Waals surface area contributed by atoms with Gasteiger partial charge in [-0.25, -0.2) is 0 Å². The fourth-order valence-corrected chi connectivity index (χ4v) is 12.0. The summed E-state index contributed by atoms with van der Waals surface area (Å²) >= 11 is 6.03. The van der Waals surface area contributed by atoms with Gasteiger partial charge in [0, 0.05) is 27.2 Å². The average Bonchev–Trinajstić information content (AvgIpc) is 0.804. The van der Waals surface area contributed by atoms with Crippen molar-refractivity contribution in [2.75, 3.05) is 32.3 Å². The quantitative estimate of drug-likeness (QED) is 0.0115. The molecule has 0 unspecified atom stereocenters. The molecule has 23 heteroatoms. The Labute approximate surface area is 564 Å². The maximum atomic E-state index is 10.6. The highest BCUT2D eigenvalue weighted by molar-refractivity contribution is 6.17. The van der Waals surface area contributed by atoms with Gasteiger partial charge in [0.05, 0.1) is 66.1 Å². The summed E-state index contributed by atoms with van der Waals surface area (Å²) in [6.07, 6.45) is -9.40. The molecule has 7 aromatic carbocycles. The number of halogens is 1. The van der Waals surface area contributed by atoms with Crippen molar-refractivity contribution in [2.24, 2.45) is 15.3 Å². The Balaban J connectivity index is 1.00. The minimum absolute atomic E-state index is 0.0197. The molecule has 3 aliphatic rings. The van der Waals surface area contributed by atoms with Crippen LogP contribution < -0.4 is 0 Å². The van der Waals surface area contributed by atoms with E-state index in [9.17, 15) is 16.6 Å². The van der Waals surface area contributed by atoms with Crippen molar-refractivity contribution >= 4 is 11.6 Å². The second kappa shape index (κ2) is 39.5. The van der Waals surface area contributed by atoms with E-state index in [0.717, 1.165) is 58.2 Å². The van der Waals surface area contributed by atoms with Gasteiger partial charge in [-0.1, -0.05) is 241 Å². The topological polar surface area (TPSA) is 266 Å². The Morgan fingerprint density at radius 1 is 0.302 bits per heavy atom. The van der Waals surface area contributed by atoms with Gasteiger partial charge in [-0.3, -0.25) is 0 Å². The molecule has 0 bridgehead atoms. The molecule has 0 aromatic heterocycles. The van der Waals surface area contributed by atoms with E-state index in [0.29, 0.717) is 12.3 Å². The van der Waals surface area contributed by atoms with E-state index in [1.165, 1.54) is 0 Å². The zero-order valence-electron chi connectivity index (χ0n) is 53.4. The summed E-state index contributed by atoms with van der Waals surface area (Å²) in [5.74, 6) is 0.550. The van der Waals surface area contributed by atoms with Crippen LogP contribution in [0.25, 0.3) is 31.3 Å². The first-order chi connectivity index (χ1) is 47.5. The molecule has 3 fully saturated rings. The second-order valence-corrected chi connectivity index (χ2v) is 23.8. The molecular weight excluding hydrogens is 1250 g/mol. The molecule has 0 radical (unpaired) electrons. The van der Waals surface area contributed by atoms with Gasteiger partial charge in [-0.2, -0.15) is 0 Å². The second-order valence-electron chi connectivity index (χ2n) is 23.4. The molecule has 7 aromatic rings. The highest BCUT2D eigenvalue weighted by atomic mass is 35.5. The smallest absolute Gasteiger partial charge is 0.169 e. The van der Waals surface area contributed by atoms with E-state index in [1.807, 2.05) is 212 Å². The predicted octanol–water partition coefficient (Wildman–Crippen LogP) is 14.8. The van der Waals surface area contributed by atoms with Gasteiger partial charge in [0.2, 0.25) is 0 Å². The van der Waals surface area contributed by atoms with Crippen molar-refractivity contribution in [2.45, 2.75) is 164 Å². The maximum Gasteiger partial charge on any atom is 0.169 e. The van der Waals surface area contributed by atoms with E-state index < -0.39 is 91.9 Å². The van der Waals surface area contributed by atoms with Crippen LogP contribution in [0.15, 0.2) is 228 Å². The summed E-state index contributed by atoms with van der Waals surface area (Å²) in [6.45, 7) is 0.618. The Morgan fingerprint density at radius 3 is 0.854 bits per heavy atom. The largest absolute Gasteiger partial charge is 0.374 e. The van der Waals surface area contributed by atoms with E-state index >= 15 is 0 Å². The highest BCUT2D eigenvalue weighted by Gasteiger charge is 2.53. The summed E-state index contributed by atoms with van der Waals surface area (Å²) in [7, 11) is 0. The van der Waals surface area contributed by atoms with E-state index in [4.69, 9.17) is 73.2 Å². The number of azide groups is 3. The van der Waals surface area contributed by atoms with Gasteiger partial charge in [0.25, 0.3) is 0 Å². The van der Waals surface area contributed by atoms with Crippen molar-refractivity contribution in [3.8, 4) is 0 Å². The van der Waals surface area contributed by atoms with Crippen LogP contribution in [0.3, 0.4) is 0 Å². The molecule has 3 aliphatic heterocycles. The Morgan fingerprint density at radius 2 is 0.562 bits per heavy atom. The molecule has 96 heavy (non-hydrogen) atoms. The third kappa shape index (κ3) is 21.4. The normalized spacial score (nSPS) is 25.6. The standard InChI is InChI=1S/C73H82ClN9O13/c74-40-24-1-2-25-41-85-71-62(78-81-75)68(89-46-56-34-18-7-19-35-56)66(87-44-54-30-14-5-15-31-54)60(95-71)50-93-73-64(80-83-77)70(91-48-58-38-22-9-23-39-58)67(88-45-55-32-16-6-17-33-55)61(96-73)51-92-72-63(79-82-76)69(90-47-57-36-20-8-21-37-57)65(86-43-53-28-12-4-13-29-53)59(94-72)49-84-42-52-26-10-3-11-27-52/h3-23,26-39,59-73H,1-2,24-25,40-51H2/t59-,60-,61-,62-,63-,64-,65-,66-,67-,68-,69-,70-,71-,72-,73-/m1/s1. The molecule has 0 spiro atoms. The molecular formula is C73H82ClN9O13. The lowest BCUT2D eigenvalue weighted by molar-refractivity contribution is -0.326. The minimum atomic E-state index is -1.40. The fourth-order valence-electron chi connectivity index (χ4n) is 11.8. The number of rotatable bonds is 38. The lowest BCUT2D eigenvalue weighted by atomic mass is 9.95. The van der Waals surface area contributed by atoms with Gasteiger partial charge in [-0.15, -0.1) is 11.6 Å². The lowest BCUT2D eigenvalue weighted by Crippen LogP contribution is -2.63. The molecule has 10 rings (SSSR count). The van der Waals surface area contributed by atoms with Crippen LogP contribution in [0.4, 0.5) is 0 Å². The van der Waals surface area contributed by atoms with Crippen LogP contribution in [-0.4, -0.2) is 124 Å². The summed E-state index contributed by atoms with van der Waals surface area (Å²) in [5, 5.41) is 13.0. The lowest BCUT2D eigenvalue weighted by Gasteiger charge is -2.48. The third-order valence-electron chi connectivity index (χ3n) is 16.7. The summed E-state index contributed by atoms with van der Waals surface area (Å²) < 4.78 is 89.0. The zero-order valence-corrected chi connectivity index (χ0v) is 54.1. The molecule has 0 N–H and O–H groups in total. The average molecular weight is 1330 g/mol. The van der Waals surface area contributed by atoms with Gasteiger partial charge in [0.15, 0.2) is 18.9 Å². The Hall–Kier alpha value is -7.76. The summed E-state index contributed by atoms with van der Waals surface area (Å²) in [4.78, 5) is 10.0. The number of nitrogens with zero attached hydrogens (tertiary/aromatic N) is 9. The first-order valence-electron chi connectivity index (χ1n) is 32.5. The van der Waals surface area contributed by atoms with Crippen LogP contribution in [0.5, 0.6) is 0 Å². The van der Waals surface area contributed by atoms with Gasteiger partial charge in [-0.05, 0) is 68.4 Å². The minimum Gasteiger partial charge on any atom is -0.374 e. The van der Waals surface area contributed by atoms with Crippen molar-refractivity contribution in [3.05, 3.63) is 283 Å². The fraction of sp³-hybridized carbons (Fsp3) is 0.425. The van der Waals surface area contributed by atoms with Gasteiger partial charge < -0.3 is 61.6 Å². The first-order valence-corrected chi connectivity index (χ1v) is 33.1. The SMILES string of the molecule is [N-]=[N+]=N[C@H]1[C@H](OC[C@H]2O[C@@H](OC[C@H]3O[C@@H](OCCCCCCCl)[C@H](N=[N+]=[N-])[C@@H](OCc4ccccc4)[C@@H]3OCc3ccccc3)[C@H](N=[N+]=[N-])[C@@H](OCc3ccccc3)[C@@H]2OCc2ccccc2)O[C@H](COCc2ccccc2)[C@@H](OCc2ccccc2)[C@@H]1OCc1ccccc1. The van der Waals surface area contributed by atoms with E-state index in [-0.39, 0.29) is 72.7 Å². The highest BCUT2D eigenvalue weighted by Crippen LogP contribution is 2.37. The molecule has 504 valence electrons. The number of hydrogen-bond donors (Lipinski definition) is 0. The molecule has 3 saturated heterocycles. The van der Waals surface area contributed by atoms with Gasteiger partial charge in [0.1, 0.15) is 73.1 Å². The summed E-state index contributed by atoms with van der Waals surface area (Å²) in [6, 6.07) is 64.1. The molecule has 0 amide bonds. The maximum absolute atomic E-state index is 10.6. The number of alkyl halides is 1. The summed E-state index contributed by atoms with van der Waals surface area (Å²) in [5.41, 5.74) is 37.3. The van der Waals surface area contributed by atoms with Crippen LogP contribution >= 0.6 is 11.6 Å². The molecule has 15 atom stereocenters. The molecule has 0 saturated carbocycles. The number of benzene rings is 7. The van der Waals surface area contributed by atoms with Crippen molar-refractivity contribution in [1.82, 2.24) is 0 Å². The predicted molar refractivity (Wildman–Crippen MR) is 358 cm³/mol. The van der Waals surface area contributed by atoms with Crippen LogP contribution in [0.1, 0.15) is 64.6 Å². The molecule has 3 heterocycles. The molecule has 0 aliphatic carbocycles. The number of hydrogen-bond acceptors (Lipinski definition) is 16. The van der Waals surface area contributed by atoms with E-state index in [1.54, 1.807) is 0 Å². The monoisotopic (exact) mass is 1330 g/mol. The van der Waals surface area contributed by atoms with Crippen molar-refractivity contribution in [1.29, 1.82) is 0 Å². The van der Waals surface area contributed by atoms with Crippen LogP contribution in [0, 0.1) is 0 Å². The third-order valence-corrected chi connectivity index (χ3v) is 16.9. The zero-order chi connectivity index (χ0) is 66.2. The van der Waals surface area contributed by atoms with E-state index in [2.05, 4.69) is 30.1 Å².